The van der Waals surface area contributed by atoms with Crippen molar-refractivity contribution in [1.29, 1.82) is 0 Å². The molecule has 0 radical (unpaired) electrons. The summed E-state index contributed by atoms with van der Waals surface area (Å²) in [6.07, 6.45) is 10.6. The number of esters is 1. The van der Waals surface area contributed by atoms with Crippen LogP contribution in [0.4, 0.5) is 0 Å². The number of fused-ring (bicyclic) bond motifs is 5. The Kier molecular flexibility index (Phi) is 7.06. The summed E-state index contributed by atoms with van der Waals surface area (Å²) in [7, 11) is -1.76. The van der Waals surface area contributed by atoms with Crippen molar-refractivity contribution < 1.29 is 18.8 Å². The average Bonchev–Trinajstić information content (AvgIpc) is 3.02. The summed E-state index contributed by atoms with van der Waals surface area (Å²) in [6, 6.07) is 0. The second-order valence-corrected chi connectivity index (χ2v) is 19.2. The van der Waals surface area contributed by atoms with Gasteiger partial charge in [0.1, 0.15) is 0 Å². The molecule has 0 amide bonds. The highest BCUT2D eigenvalue weighted by Crippen LogP contribution is 2.66. The largest absolute Gasteiger partial charge is 0.465 e. The minimum atomic E-state index is -1.76. The fourth-order valence-electron chi connectivity index (χ4n) is 8.42. The summed E-state index contributed by atoms with van der Waals surface area (Å²) in [6.45, 7) is 20.6. The maximum atomic E-state index is 13.5. The summed E-state index contributed by atoms with van der Waals surface area (Å²) in [5, 5.41) is 0.249. The molecule has 4 aliphatic carbocycles. The minimum absolute atomic E-state index is 0.0797. The van der Waals surface area contributed by atoms with Gasteiger partial charge in [0.25, 0.3) is 0 Å². The first-order valence-electron chi connectivity index (χ1n) is 14.2. The van der Waals surface area contributed by atoms with Crippen LogP contribution in [0.2, 0.25) is 18.1 Å². The van der Waals surface area contributed by atoms with E-state index >= 15 is 0 Å². The van der Waals surface area contributed by atoms with Gasteiger partial charge in [0, 0.05) is 24.9 Å². The molecule has 4 nitrogen and oxygen atoms in total. The first-order chi connectivity index (χ1) is 16.1. The van der Waals surface area contributed by atoms with E-state index in [0.717, 1.165) is 6.42 Å². The Morgan fingerprint density at radius 2 is 1.83 bits per heavy atom. The van der Waals surface area contributed by atoms with Gasteiger partial charge in [-0.3, -0.25) is 9.59 Å². The molecule has 8 atom stereocenters. The molecular weight excluding hydrogens is 452 g/mol. The van der Waals surface area contributed by atoms with E-state index in [4.69, 9.17) is 9.16 Å². The Morgan fingerprint density at radius 1 is 1.14 bits per heavy atom. The zero-order valence-electron chi connectivity index (χ0n) is 23.8. The number of carbonyl (C=O) groups excluding carboxylic acids is 2. The van der Waals surface area contributed by atoms with Gasteiger partial charge in [-0.15, -0.1) is 0 Å². The molecule has 0 spiro atoms. The van der Waals surface area contributed by atoms with E-state index < -0.39 is 8.32 Å². The third-order valence-electron chi connectivity index (χ3n) is 11.4. The Bertz CT molecular complexity index is 885. The summed E-state index contributed by atoms with van der Waals surface area (Å²) >= 11 is 0. The van der Waals surface area contributed by atoms with Gasteiger partial charge in [0.2, 0.25) is 0 Å². The van der Waals surface area contributed by atoms with Crippen molar-refractivity contribution in [3.63, 3.8) is 0 Å². The van der Waals surface area contributed by atoms with E-state index in [9.17, 15) is 9.59 Å². The van der Waals surface area contributed by atoms with Gasteiger partial charge in [-0.2, -0.15) is 0 Å². The lowest BCUT2D eigenvalue weighted by Crippen LogP contribution is -2.56. The lowest BCUT2D eigenvalue weighted by molar-refractivity contribution is -0.144. The molecule has 0 aliphatic heterocycles. The van der Waals surface area contributed by atoms with Crippen LogP contribution in [0.25, 0.3) is 0 Å². The van der Waals surface area contributed by atoms with Gasteiger partial charge in [-0.05, 0) is 97.7 Å². The molecule has 0 aromatic carbocycles. The number of ketones is 1. The summed E-state index contributed by atoms with van der Waals surface area (Å²) < 4.78 is 12.2. The average molecular weight is 503 g/mol. The standard InChI is InChI=1S/C30H50O4Si/c1-19(18-33-20(2)31)25-17-26(32)27-23-11-10-21-16-22(34-35(8,9)28(3,4)5)12-14-29(21,6)24(23)13-15-30(25,27)7/h17,19,21-24,27H,10-16,18H2,1-9H3/t19-,21?,22+,23-,24+,27-,29+,30-/m1/s1. The lowest BCUT2D eigenvalue weighted by Gasteiger charge is -2.61. The fraction of sp³-hybridized carbons (Fsp3) is 0.867. The summed E-state index contributed by atoms with van der Waals surface area (Å²) in [4.78, 5) is 24.9. The first-order valence-corrected chi connectivity index (χ1v) is 17.1. The smallest absolute Gasteiger partial charge is 0.302 e. The Balaban J connectivity index is 1.49. The van der Waals surface area contributed by atoms with Crippen molar-refractivity contribution >= 4 is 20.1 Å². The molecule has 0 aromatic heterocycles. The Morgan fingerprint density at radius 3 is 2.46 bits per heavy atom. The van der Waals surface area contributed by atoms with Crippen molar-refractivity contribution in [2.24, 2.45) is 40.4 Å². The van der Waals surface area contributed by atoms with Crippen LogP contribution in [-0.4, -0.2) is 32.8 Å². The van der Waals surface area contributed by atoms with Crippen molar-refractivity contribution in [2.45, 2.75) is 118 Å². The van der Waals surface area contributed by atoms with Gasteiger partial charge >= 0.3 is 5.97 Å². The van der Waals surface area contributed by atoms with Crippen LogP contribution in [-0.2, 0) is 18.8 Å². The molecule has 35 heavy (non-hydrogen) atoms. The monoisotopic (exact) mass is 502 g/mol. The van der Waals surface area contributed by atoms with Gasteiger partial charge in [0.05, 0.1) is 6.61 Å². The van der Waals surface area contributed by atoms with E-state index in [1.165, 1.54) is 51.0 Å². The SMILES string of the molecule is CC(=O)OC[C@@H](C)C1=CC(=O)[C@H]2[C@@H]3CCC4C[C@@H](O[Si](C)(C)C(C)(C)C)CC[C@]4(C)[C@H]3CC[C@]12C. The number of hydrogen-bond donors (Lipinski definition) is 0. The number of hydrogen-bond acceptors (Lipinski definition) is 4. The zero-order valence-corrected chi connectivity index (χ0v) is 24.8. The molecule has 5 heteroatoms. The molecule has 4 rings (SSSR count). The molecule has 0 bridgehead atoms. The number of ether oxygens (including phenoxy) is 1. The fourth-order valence-corrected chi connectivity index (χ4v) is 9.82. The predicted molar refractivity (Wildman–Crippen MR) is 143 cm³/mol. The number of carbonyl (C=O) groups is 2. The van der Waals surface area contributed by atoms with Gasteiger partial charge in [-0.1, -0.05) is 47.1 Å². The molecule has 3 saturated carbocycles. The van der Waals surface area contributed by atoms with E-state index in [1.807, 2.05) is 6.08 Å². The quantitative estimate of drug-likeness (QED) is 0.292. The third kappa shape index (κ3) is 4.62. The van der Waals surface area contributed by atoms with Crippen molar-refractivity contribution in [1.82, 2.24) is 0 Å². The van der Waals surface area contributed by atoms with Crippen LogP contribution < -0.4 is 0 Å². The van der Waals surface area contributed by atoms with Crippen LogP contribution >= 0.6 is 0 Å². The summed E-state index contributed by atoms with van der Waals surface area (Å²) in [5.41, 5.74) is 1.47. The van der Waals surface area contributed by atoms with Crippen molar-refractivity contribution in [3.05, 3.63) is 11.6 Å². The van der Waals surface area contributed by atoms with Gasteiger partial charge in [-0.25, -0.2) is 0 Å². The molecule has 0 saturated heterocycles. The highest BCUT2D eigenvalue weighted by Gasteiger charge is 2.61. The summed E-state index contributed by atoms with van der Waals surface area (Å²) in [5.74, 6) is 2.13. The maximum Gasteiger partial charge on any atom is 0.302 e. The molecule has 198 valence electrons. The second-order valence-electron chi connectivity index (χ2n) is 14.5. The first kappa shape index (κ1) is 27.1. The molecule has 0 heterocycles. The second kappa shape index (κ2) is 9.11. The van der Waals surface area contributed by atoms with Crippen LogP contribution in [0, 0.1) is 40.4 Å². The van der Waals surface area contributed by atoms with Gasteiger partial charge < -0.3 is 9.16 Å². The molecule has 3 fully saturated rings. The molecule has 0 N–H and O–H groups in total. The van der Waals surface area contributed by atoms with E-state index in [0.29, 0.717) is 41.7 Å². The minimum Gasteiger partial charge on any atom is -0.465 e. The van der Waals surface area contributed by atoms with Crippen LogP contribution in [0.1, 0.15) is 93.4 Å². The van der Waals surface area contributed by atoms with Gasteiger partial charge in [0.15, 0.2) is 14.1 Å². The van der Waals surface area contributed by atoms with Crippen molar-refractivity contribution in [2.75, 3.05) is 6.61 Å². The van der Waals surface area contributed by atoms with E-state index in [2.05, 4.69) is 54.6 Å². The highest BCUT2D eigenvalue weighted by atomic mass is 28.4. The highest BCUT2D eigenvalue weighted by molar-refractivity contribution is 6.74. The number of allylic oxidation sites excluding steroid dienone is 1. The Labute approximate surface area is 215 Å². The molecule has 4 aliphatic rings. The molecular formula is C30H50O4Si. The van der Waals surface area contributed by atoms with E-state index in [1.54, 1.807) is 0 Å². The third-order valence-corrected chi connectivity index (χ3v) is 15.9. The predicted octanol–water partition coefficient (Wildman–Crippen LogP) is 7.33. The number of rotatable bonds is 5. The topological polar surface area (TPSA) is 52.6 Å². The van der Waals surface area contributed by atoms with Crippen molar-refractivity contribution in [3.8, 4) is 0 Å². The van der Waals surface area contributed by atoms with Crippen LogP contribution in [0.3, 0.4) is 0 Å². The molecule has 0 aromatic rings. The van der Waals surface area contributed by atoms with Crippen LogP contribution in [0.15, 0.2) is 11.6 Å². The Hall–Kier alpha value is -0.943. The van der Waals surface area contributed by atoms with Crippen LogP contribution in [0.5, 0.6) is 0 Å². The normalized spacial score (nSPS) is 40.3. The van der Waals surface area contributed by atoms with E-state index in [-0.39, 0.29) is 28.3 Å². The maximum absolute atomic E-state index is 13.5. The molecule has 1 unspecified atom stereocenters. The lowest BCUT2D eigenvalue weighted by atomic mass is 9.44. The zero-order chi connectivity index (χ0) is 26.0.